The van der Waals surface area contributed by atoms with Crippen molar-refractivity contribution in [3.63, 3.8) is 0 Å². The van der Waals surface area contributed by atoms with Crippen LogP contribution < -0.4 is 0 Å². The van der Waals surface area contributed by atoms with Crippen molar-refractivity contribution in [2.45, 2.75) is 40.8 Å². The van der Waals surface area contributed by atoms with Crippen molar-refractivity contribution in [2.24, 2.45) is 0 Å². The number of benzene rings is 3. The van der Waals surface area contributed by atoms with Crippen molar-refractivity contribution in [3.8, 4) is 0 Å². The maximum absolute atomic E-state index is 13.5. The number of alkyl halides is 3. The molecule has 0 amide bonds. The van der Waals surface area contributed by atoms with Gasteiger partial charge in [0.15, 0.2) is 0 Å². The lowest BCUT2D eigenvalue weighted by atomic mass is 9.67. The van der Waals surface area contributed by atoms with E-state index in [1.165, 1.54) is 43.3 Å². The highest BCUT2D eigenvalue weighted by atomic mass is 19.4. The quantitative estimate of drug-likeness (QED) is 0.312. The van der Waals surface area contributed by atoms with Crippen molar-refractivity contribution in [1.29, 1.82) is 0 Å². The Hall–Kier alpha value is -2.95. The molecule has 0 aliphatic heterocycles. The van der Waals surface area contributed by atoms with E-state index in [-0.39, 0.29) is 28.1 Å². The van der Waals surface area contributed by atoms with Crippen LogP contribution in [0.5, 0.6) is 0 Å². The molecule has 30 heavy (non-hydrogen) atoms. The van der Waals surface area contributed by atoms with Gasteiger partial charge in [-0.3, -0.25) is 4.79 Å². The first-order valence-electron chi connectivity index (χ1n) is 8.26. The Bertz CT molecular complexity index is 930. The van der Waals surface area contributed by atoms with Crippen LogP contribution in [0, 0.1) is 5.82 Å². The van der Waals surface area contributed by atoms with Gasteiger partial charge in [0, 0.05) is 0 Å². The molecular formula is C25H28F4O. The van der Waals surface area contributed by atoms with E-state index in [1.807, 2.05) is 0 Å². The van der Waals surface area contributed by atoms with Gasteiger partial charge < -0.3 is 0 Å². The zero-order valence-electron chi connectivity index (χ0n) is 14.4. The zero-order valence-corrected chi connectivity index (χ0v) is 14.4. The van der Waals surface area contributed by atoms with Gasteiger partial charge in [-0.2, -0.15) is 13.2 Å². The number of Topliss-reactive ketones (excluding diaryl/α,β-unsaturated/α-hetero) is 1. The molecule has 0 N–H and O–H groups in total. The Kier molecular flexibility index (Phi) is 9.19. The number of rotatable bonds is 4. The molecule has 0 bridgehead atoms. The molecule has 0 saturated carbocycles. The van der Waals surface area contributed by atoms with Crippen LogP contribution in [0.2, 0.25) is 0 Å². The molecule has 0 saturated heterocycles. The number of carbonyl (C=O) groups is 1. The van der Waals surface area contributed by atoms with E-state index in [0.717, 1.165) is 12.1 Å². The molecule has 0 radical (unpaired) electrons. The lowest BCUT2D eigenvalue weighted by Crippen LogP contribution is -2.37. The third kappa shape index (κ3) is 4.78. The minimum atomic E-state index is -4.47. The largest absolute Gasteiger partial charge is 0.416 e. The Morgan fingerprint density at radius 2 is 1.00 bits per heavy atom. The predicted octanol–water partition coefficient (Wildman–Crippen LogP) is 7.68. The first kappa shape index (κ1) is 27.0. The van der Waals surface area contributed by atoms with Gasteiger partial charge >= 0.3 is 6.18 Å². The smallest absolute Gasteiger partial charge is 0.298 e. The molecule has 3 aromatic rings. The standard InChI is InChI=1S/C22H16F4O.3CH4/c1-15(27)21(16-5-3-2-4-6-16,18-11-13-20(23)14-12-18)17-7-9-19(10-8-17)22(24,25)26;;;/h2-14H,1H3;3*1H4. The van der Waals surface area contributed by atoms with Gasteiger partial charge in [-0.1, -0.05) is 76.9 Å². The van der Waals surface area contributed by atoms with Crippen LogP contribution in [0.1, 0.15) is 51.5 Å². The van der Waals surface area contributed by atoms with Crippen molar-refractivity contribution < 1.29 is 22.4 Å². The van der Waals surface area contributed by atoms with Crippen LogP contribution in [0.4, 0.5) is 17.6 Å². The number of carbonyl (C=O) groups excluding carboxylic acids is 1. The minimum absolute atomic E-state index is 0. The number of ketones is 1. The maximum Gasteiger partial charge on any atom is 0.416 e. The third-order valence-corrected chi connectivity index (χ3v) is 4.66. The molecule has 0 fully saturated rings. The Balaban J connectivity index is 0.00000280. The van der Waals surface area contributed by atoms with Crippen molar-refractivity contribution in [1.82, 2.24) is 0 Å². The lowest BCUT2D eigenvalue weighted by Gasteiger charge is -2.33. The molecule has 1 atom stereocenters. The van der Waals surface area contributed by atoms with Crippen molar-refractivity contribution >= 4 is 5.78 Å². The van der Waals surface area contributed by atoms with Crippen LogP contribution >= 0.6 is 0 Å². The molecule has 3 rings (SSSR count). The molecule has 0 heterocycles. The van der Waals surface area contributed by atoms with E-state index in [9.17, 15) is 22.4 Å². The fourth-order valence-corrected chi connectivity index (χ4v) is 3.41. The normalized spacial score (nSPS) is 12.4. The number of halogens is 4. The summed E-state index contributed by atoms with van der Waals surface area (Å²) >= 11 is 0. The first-order chi connectivity index (χ1) is 12.8. The molecule has 1 nitrogen and oxygen atoms in total. The second kappa shape index (κ2) is 10.2. The monoisotopic (exact) mass is 420 g/mol. The third-order valence-electron chi connectivity index (χ3n) is 4.66. The molecule has 162 valence electrons. The summed E-state index contributed by atoms with van der Waals surface area (Å²) in [6, 6.07) is 18.7. The molecule has 0 aromatic heterocycles. The van der Waals surface area contributed by atoms with E-state index < -0.39 is 23.0 Å². The fourth-order valence-electron chi connectivity index (χ4n) is 3.41. The average Bonchev–Trinajstić information content (AvgIpc) is 2.64. The summed E-state index contributed by atoms with van der Waals surface area (Å²) < 4.78 is 52.3. The Morgan fingerprint density at radius 3 is 1.40 bits per heavy atom. The van der Waals surface area contributed by atoms with Crippen LogP contribution in [0.25, 0.3) is 0 Å². The molecule has 3 aromatic carbocycles. The molecular weight excluding hydrogens is 392 g/mol. The van der Waals surface area contributed by atoms with Crippen LogP contribution in [0.15, 0.2) is 78.9 Å². The number of hydrogen-bond acceptors (Lipinski definition) is 1. The van der Waals surface area contributed by atoms with Gasteiger partial charge in [0.2, 0.25) is 0 Å². The summed E-state index contributed by atoms with van der Waals surface area (Å²) in [4.78, 5) is 12.9. The highest BCUT2D eigenvalue weighted by Gasteiger charge is 2.41. The van der Waals surface area contributed by atoms with Gasteiger partial charge in [-0.15, -0.1) is 0 Å². The van der Waals surface area contributed by atoms with E-state index >= 15 is 0 Å². The van der Waals surface area contributed by atoms with Crippen LogP contribution in [-0.4, -0.2) is 5.78 Å². The van der Waals surface area contributed by atoms with E-state index in [2.05, 4.69) is 0 Å². The minimum Gasteiger partial charge on any atom is -0.298 e. The highest BCUT2D eigenvalue weighted by molar-refractivity contribution is 5.96. The molecule has 0 spiro atoms. The molecule has 0 aliphatic carbocycles. The second-order valence-corrected chi connectivity index (χ2v) is 6.25. The summed E-state index contributed by atoms with van der Waals surface area (Å²) in [5, 5.41) is 0. The average molecular weight is 420 g/mol. The highest BCUT2D eigenvalue weighted by Crippen LogP contribution is 2.41. The molecule has 1 unspecified atom stereocenters. The topological polar surface area (TPSA) is 17.1 Å². The zero-order chi connectivity index (χ0) is 19.7. The summed E-state index contributed by atoms with van der Waals surface area (Å²) in [6.07, 6.45) is -4.47. The summed E-state index contributed by atoms with van der Waals surface area (Å²) in [7, 11) is 0. The van der Waals surface area contributed by atoms with Gasteiger partial charge in [-0.25, -0.2) is 4.39 Å². The summed E-state index contributed by atoms with van der Waals surface area (Å²) in [6.45, 7) is 1.38. The second-order valence-electron chi connectivity index (χ2n) is 6.25. The lowest BCUT2D eigenvalue weighted by molar-refractivity contribution is -0.137. The number of hydrogen-bond donors (Lipinski definition) is 0. The van der Waals surface area contributed by atoms with Crippen LogP contribution in [-0.2, 0) is 16.4 Å². The molecule has 0 aliphatic rings. The van der Waals surface area contributed by atoms with Gasteiger partial charge in [0.1, 0.15) is 17.0 Å². The summed E-state index contributed by atoms with van der Waals surface area (Å²) in [5.41, 5.74) is -0.651. The van der Waals surface area contributed by atoms with Gasteiger partial charge in [-0.05, 0) is 47.9 Å². The Labute approximate surface area is 176 Å². The SMILES string of the molecule is C.C.C.CC(=O)C(c1ccccc1)(c1ccc(F)cc1)c1ccc(C(F)(F)F)cc1. The first-order valence-corrected chi connectivity index (χ1v) is 8.26. The van der Waals surface area contributed by atoms with Gasteiger partial charge in [0.25, 0.3) is 0 Å². The van der Waals surface area contributed by atoms with Crippen molar-refractivity contribution in [2.75, 3.05) is 0 Å². The fraction of sp³-hybridized carbons (Fsp3) is 0.240. The van der Waals surface area contributed by atoms with Crippen LogP contribution in [0.3, 0.4) is 0 Å². The van der Waals surface area contributed by atoms with Crippen molar-refractivity contribution in [3.05, 3.63) is 107 Å². The predicted molar refractivity (Wildman–Crippen MR) is 115 cm³/mol. The molecule has 5 heteroatoms. The van der Waals surface area contributed by atoms with E-state index in [4.69, 9.17) is 0 Å². The maximum atomic E-state index is 13.5. The Morgan fingerprint density at radius 1 is 0.633 bits per heavy atom. The van der Waals surface area contributed by atoms with Gasteiger partial charge in [0.05, 0.1) is 5.56 Å². The van der Waals surface area contributed by atoms with E-state index in [1.54, 1.807) is 30.3 Å². The summed E-state index contributed by atoms with van der Waals surface area (Å²) in [5.74, 6) is -0.739. The van der Waals surface area contributed by atoms with E-state index in [0.29, 0.717) is 16.7 Å².